The Morgan fingerprint density at radius 1 is 1.18 bits per heavy atom. The van der Waals surface area contributed by atoms with Crippen LogP contribution in [0.1, 0.15) is 12.5 Å². The van der Waals surface area contributed by atoms with Crippen LogP contribution in [0.4, 0.5) is 11.4 Å². The van der Waals surface area contributed by atoms with Gasteiger partial charge in [-0.1, -0.05) is 18.2 Å². The zero-order valence-corrected chi connectivity index (χ0v) is 16.2. The van der Waals surface area contributed by atoms with Crippen LogP contribution in [0.25, 0.3) is 17.0 Å². The molecule has 1 aliphatic rings. The van der Waals surface area contributed by atoms with Crippen LogP contribution in [0.15, 0.2) is 64.6 Å². The van der Waals surface area contributed by atoms with Crippen LogP contribution in [0.2, 0.25) is 0 Å². The van der Waals surface area contributed by atoms with Crippen molar-refractivity contribution in [2.75, 3.05) is 5.32 Å². The number of benzene rings is 2. The third-order valence-corrected chi connectivity index (χ3v) is 5.19. The summed E-state index contributed by atoms with van der Waals surface area (Å²) in [6.45, 7) is 1.46. The van der Waals surface area contributed by atoms with Crippen molar-refractivity contribution in [3.8, 4) is 0 Å². The molecule has 1 saturated heterocycles. The number of carbonyl (C=O) groups is 2. The molecule has 4 rings (SSSR count). The van der Waals surface area contributed by atoms with Crippen molar-refractivity contribution in [3.63, 3.8) is 0 Å². The van der Waals surface area contributed by atoms with E-state index in [1.807, 2.05) is 42.1 Å². The lowest BCUT2D eigenvalue weighted by Gasteiger charge is -2.02. The lowest BCUT2D eigenvalue weighted by atomic mass is 10.1. The van der Waals surface area contributed by atoms with Gasteiger partial charge in [0.15, 0.2) is 5.17 Å². The fourth-order valence-electron chi connectivity index (χ4n) is 3.05. The smallest absolute Gasteiger partial charge is 0.264 e. The Balaban J connectivity index is 1.57. The number of nitrogens with one attached hydrogen (secondary N) is 2. The van der Waals surface area contributed by atoms with E-state index >= 15 is 0 Å². The first-order valence-corrected chi connectivity index (χ1v) is 9.52. The van der Waals surface area contributed by atoms with Crippen molar-refractivity contribution in [2.45, 2.75) is 6.92 Å². The number of aliphatic imine (C=N–C) groups is 1. The molecule has 0 spiro atoms. The number of thioether (sulfide) groups is 1. The van der Waals surface area contributed by atoms with Gasteiger partial charge in [0, 0.05) is 42.3 Å². The van der Waals surface area contributed by atoms with E-state index in [1.165, 1.54) is 18.7 Å². The molecule has 0 bridgehead atoms. The number of amidine groups is 1. The summed E-state index contributed by atoms with van der Waals surface area (Å²) in [6.07, 6.45) is 3.91. The molecule has 0 unspecified atom stereocenters. The molecule has 3 aromatic rings. The average molecular weight is 390 g/mol. The third kappa shape index (κ3) is 3.70. The van der Waals surface area contributed by atoms with Crippen molar-refractivity contribution in [2.24, 2.45) is 12.0 Å². The number of para-hydroxylation sites is 1. The molecule has 1 aromatic heterocycles. The highest BCUT2D eigenvalue weighted by Gasteiger charge is 2.24. The molecule has 1 aliphatic heterocycles. The summed E-state index contributed by atoms with van der Waals surface area (Å²) in [5, 5.41) is 7.15. The topological polar surface area (TPSA) is 75.5 Å². The van der Waals surface area contributed by atoms with Gasteiger partial charge in [0.1, 0.15) is 0 Å². The van der Waals surface area contributed by atoms with Gasteiger partial charge in [-0.25, -0.2) is 4.99 Å². The Morgan fingerprint density at radius 3 is 2.68 bits per heavy atom. The van der Waals surface area contributed by atoms with Gasteiger partial charge >= 0.3 is 0 Å². The van der Waals surface area contributed by atoms with Crippen molar-refractivity contribution in [3.05, 3.63) is 65.2 Å². The maximum atomic E-state index is 12.4. The van der Waals surface area contributed by atoms with Crippen LogP contribution in [0.5, 0.6) is 0 Å². The zero-order chi connectivity index (χ0) is 19.7. The molecular formula is C21H18N4O2S. The van der Waals surface area contributed by atoms with Crippen molar-refractivity contribution in [1.82, 2.24) is 9.88 Å². The average Bonchev–Trinajstić information content (AvgIpc) is 3.17. The lowest BCUT2D eigenvalue weighted by molar-refractivity contribution is -0.115. The van der Waals surface area contributed by atoms with Crippen molar-refractivity contribution >= 4 is 57.1 Å². The van der Waals surface area contributed by atoms with E-state index in [1.54, 1.807) is 24.3 Å². The summed E-state index contributed by atoms with van der Waals surface area (Å²) in [6, 6.07) is 15.2. The minimum Gasteiger partial charge on any atom is -0.350 e. The van der Waals surface area contributed by atoms with E-state index in [4.69, 9.17) is 0 Å². The monoisotopic (exact) mass is 390 g/mol. The number of carbonyl (C=O) groups excluding carboxylic acids is 2. The molecule has 0 radical (unpaired) electrons. The van der Waals surface area contributed by atoms with E-state index in [0.717, 1.165) is 16.5 Å². The Kier molecular flexibility index (Phi) is 4.75. The molecule has 0 saturated carbocycles. The minimum atomic E-state index is -0.161. The van der Waals surface area contributed by atoms with Crippen LogP contribution in [0, 0.1) is 0 Å². The van der Waals surface area contributed by atoms with Gasteiger partial charge in [0.25, 0.3) is 5.91 Å². The number of hydrogen-bond donors (Lipinski definition) is 2. The minimum absolute atomic E-state index is 0.124. The van der Waals surface area contributed by atoms with Crippen LogP contribution in [-0.4, -0.2) is 21.5 Å². The molecule has 7 heteroatoms. The number of nitrogens with zero attached hydrogens (tertiary/aromatic N) is 2. The molecule has 2 amide bonds. The quantitative estimate of drug-likeness (QED) is 0.663. The molecule has 28 heavy (non-hydrogen) atoms. The zero-order valence-electron chi connectivity index (χ0n) is 15.4. The van der Waals surface area contributed by atoms with Crippen LogP contribution < -0.4 is 10.6 Å². The second-order valence-corrected chi connectivity index (χ2v) is 7.45. The maximum absolute atomic E-state index is 12.4. The Morgan fingerprint density at radius 2 is 1.93 bits per heavy atom. The van der Waals surface area contributed by atoms with E-state index in [-0.39, 0.29) is 11.8 Å². The maximum Gasteiger partial charge on any atom is 0.264 e. The summed E-state index contributed by atoms with van der Waals surface area (Å²) < 4.78 is 2.05. The first-order valence-electron chi connectivity index (χ1n) is 8.71. The highest BCUT2D eigenvalue weighted by Crippen LogP contribution is 2.31. The molecule has 6 nitrogen and oxygen atoms in total. The first-order chi connectivity index (χ1) is 13.5. The van der Waals surface area contributed by atoms with Crippen LogP contribution in [0.3, 0.4) is 0 Å². The lowest BCUT2D eigenvalue weighted by Crippen LogP contribution is -2.19. The Hall–Kier alpha value is -3.32. The van der Waals surface area contributed by atoms with Crippen molar-refractivity contribution < 1.29 is 9.59 Å². The molecule has 0 atom stereocenters. The fourth-order valence-corrected chi connectivity index (χ4v) is 3.88. The van der Waals surface area contributed by atoms with Crippen LogP contribution in [-0.2, 0) is 16.6 Å². The number of fused-ring (bicyclic) bond motifs is 1. The SMILES string of the molecule is CC(=O)Nc1ccc(N=C2NC(=O)/C(=C\c3cn(C)c4ccccc34)S2)cc1. The van der Waals surface area contributed by atoms with E-state index in [9.17, 15) is 9.59 Å². The Bertz CT molecular complexity index is 1140. The molecule has 2 heterocycles. The van der Waals surface area contributed by atoms with Gasteiger partial charge in [-0.05, 0) is 48.2 Å². The van der Waals surface area contributed by atoms with Gasteiger partial charge in [0.2, 0.25) is 5.91 Å². The summed E-state index contributed by atoms with van der Waals surface area (Å²) in [5.74, 6) is -0.285. The predicted molar refractivity (Wildman–Crippen MR) is 114 cm³/mol. The van der Waals surface area contributed by atoms with Gasteiger partial charge in [-0.3, -0.25) is 9.59 Å². The molecular weight excluding hydrogens is 372 g/mol. The van der Waals surface area contributed by atoms with Gasteiger partial charge in [0.05, 0.1) is 10.6 Å². The molecule has 2 N–H and O–H groups in total. The second kappa shape index (κ2) is 7.36. The number of aromatic nitrogens is 1. The van der Waals surface area contributed by atoms with Crippen molar-refractivity contribution in [1.29, 1.82) is 0 Å². The van der Waals surface area contributed by atoms with Gasteiger partial charge < -0.3 is 15.2 Å². The third-order valence-electron chi connectivity index (χ3n) is 4.28. The normalized spacial score (nSPS) is 16.7. The highest BCUT2D eigenvalue weighted by atomic mass is 32.2. The predicted octanol–water partition coefficient (Wildman–Crippen LogP) is 4.03. The number of rotatable bonds is 3. The molecule has 140 valence electrons. The number of aryl methyl sites for hydroxylation is 1. The molecule has 0 aliphatic carbocycles. The van der Waals surface area contributed by atoms with Crippen LogP contribution >= 0.6 is 11.8 Å². The number of amides is 2. The summed E-state index contributed by atoms with van der Waals surface area (Å²) >= 11 is 1.31. The number of anilines is 1. The van der Waals surface area contributed by atoms with E-state index < -0.39 is 0 Å². The Labute approximate surface area is 166 Å². The highest BCUT2D eigenvalue weighted by molar-refractivity contribution is 8.18. The first kappa shape index (κ1) is 18.1. The van der Waals surface area contributed by atoms with E-state index in [0.29, 0.717) is 21.4 Å². The van der Waals surface area contributed by atoms with Gasteiger partial charge in [-0.15, -0.1) is 0 Å². The molecule has 1 fully saturated rings. The summed E-state index contributed by atoms with van der Waals surface area (Å²) in [4.78, 5) is 28.5. The second-order valence-electron chi connectivity index (χ2n) is 6.42. The van der Waals surface area contributed by atoms with Gasteiger partial charge in [-0.2, -0.15) is 0 Å². The molecule has 2 aromatic carbocycles. The standard InChI is InChI=1S/C21H18N4O2S/c1-13(26)22-15-7-9-16(10-8-15)23-21-24-20(27)19(28-21)11-14-12-25(2)18-6-4-3-5-17(14)18/h3-12H,1-2H3,(H,22,26)(H,23,24,27)/b19-11+. The summed E-state index contributed by atoms with van der Waals surface area (Å²) in [7, 11) is 1.99. The largest absolute Gasteiger partial charge is 0.350 e. The number of hydrogen-bond acceptors (Lipinski definition) is 4. The summed E-state index contributed by atoms with van der Waals surface area (Å²) in [5.41, 5.74) is 3.52. The van der Waals surface area contributed by atoms with E-state index in [2.05, 4.69) is 21.7 Å². The fraction of sp³-hybridized carbons (Fsp3) is 0.0952.